The summed E-state index contributed by atoms with van der Waals surface area (Å²) in [6.45, 7) is 6.04. The molecule has 0 bridgehead atoms. The van der Waals surface area contributed by atoms with E-state index in [2.05, 4.69) is 23.4 Å². The fourth-order valence-corrected chi connectivity index (χ4v) is 3.32. The normalized spacial score (nSPS) is 14.5. The van der Waals surface area contributed by atoms with Crippen LogP contribution < -0.4 is 4.74 Å². The Labute approximate surface area is 163 Å². The van der Waals surface area contributed by atoms with Gasteiger partial charge in [0.15, 0.2) is 6.29 Å². The Hall–Kier alpha value is -2.15. The van der Waals surface area contributed by atoms with Crippen LogP contribution in [0, 0.1) is 19.7 Å². The molecule has 1 aliphatic rings. The van der Waals surface area contributed by atoms with Gasteiger partial charge in [0.1, 0.15) is 17.9 Å². The molecule has 1 saturated heterocycles. The lowest BCUT2D eigenvalue weighted by Crippen LogP contribution is -2.18. The van der Waals surface area contributed by atoms with Crippen molar-refractivity contribution in [1.82, 2.24) is 9.55 Å². The highest BCUT2D eigenvalue weighted by atomic mass is 35.5. The number of hydrogen-bond acceptors (Lipinski definition) is 4. The zero-order valence-corrected chi connectivity index (χ0v) is 16.1. The van der Waals surface area contributed by atoms with Crippen LogP contribution in [-0.2, 0) is 22.6 Å². The molecule has 1 fully saturated rings. The van der Waals surface area contributed by atoms with Crippen LogP contribution in [0.15, 0.2) is 36.5 Å². The zero-order valence-electron chi connectivity index (χ0n) is 15.3. The van der Waals surface area contributed by atoms with E-state index < -0.39 is 0 Å². The molecule has 0 amide bonds. The smallest absolute Gasteiger partial charge is 0.238 e. The van der Waals surface area contributed by atoms with Crippen molar-refractivity contribution in [2.24, 2.45) is 0 Å². The van der Waals surface area contributed by atoms with Gasteiger partial charge >= 0.3 is 0 Å². The Morgan fingerprint density at radius 1 is 1.19 bits per heavy atom. The molecule has 0 unspecified atom stereocenters. The second-order valence-electron chi connectivity index (χ2n) is 6.38. The van der Waals surface area contributed by atoms with Crippen LogP contribution in [0.1, 0.15) is 16.8 Å². The molecule has 0 atom stereocenters. The molecule has 5 nitrogen and oxygen atoms in total. The lowest BCUT2D eigenvalue weighted by Gasteiger charge is -2.15. The summed E-state index contributed by atoms with van der Waals surface area (Å²) < 4.78 is 33.1. The van der Waals surface area contributed by atoms with E-state index in [1.807, 2.05) is 6.07 Å². The van der Waals surface area contributed by atoms with Gasteiger partial charge in [-0.15, -0.1) is 12.4 Å². The number of rotatable bonds is 5. The standard InChI is InChI=1S/C20H21FN2O3.ClH/c1-13-14(2)23(11-18-24-9-10-25-18)19-16(13)7-8-22-20(19)26-12-15-5-3-4-6-17(15)21;/h3-8,18H,9-12H2,1-2H3;1H. The van der Waals surface area contributed by atoms with Crippen molar-refractivity contribution in [2.45, 2.75) is 33.3 Å². The molecule has 0 spiro atoms. The second-order valence-corrected chi connectivity index (χ2v) is 6.38. The van der Waals surface area contributed by atoms with Crippen molar-refractivity contribution < 1.29 is 18.6 Å². The molecule has 0 aliphatic carbocycles. The summed E-state index contributed by atoms with van der Waals surface area (Å²) in [6.07, 6.45) is 1.45. The van der Waals surface area contributed by atoms with Gasteiger partial charge < -0.3 is 18.8 Å². The van der Waals surface area contributed by atoms with Crippen molar-refractivity contribution in [1.29, 1.82) is 0 Å². The van der Waals surface area contributed by atoms with E-state index in [1.165, 1.54) is 6.07 Å². The molecule has 4 rings (SSSR count). The molecule has 3 aromatic rings. The average molecular weight is 393 g/mol. The highest BCUT2D eigenvalue weighted by Crippen LogP contribution is 2.32. The van der Waals surface area contributed by atoms with E-state index in [4.69, 9.17) is 14.2 Å². The quantitative estimate of drug-likeness (QED) is 0.654. The van der Waals surface area contributed by atoms with Crippen LogP contribution in [0.4, 0.5) is 4.39 Å². The maximum atomic E-state index is 13.9. The minimum atomic E-state index is -0.282. The predicted octanol–water partition coefficient (Wildman–Crippen LogP) is 4.17. The van der Waals surface area contributed by atoms with Crippen LogP contribution in [0.5, 0.6) is 5.88 Å². The van der Waals surface area contributed by atoms with Crippen LogP contribution in [0.3, 0.4) is 0 Å². The van der Waals surface area contributed by atoms with E-state index in [0.717, 1.165) is 22.2 Å². The molecule has 3 heterocycles. The first kappa shape index (κ1) is 19.6. The summed E-state index contributed by atoms with van der Waals surface area (Å²) in [6, 6.07) is 8.57. The van der Waals surface area contributed by atoms with Gasteiger partial charge in [-0.25, -0.2) is 9.37 Å². The highest BCUT2D eigenvalue weighted by molar-refractivity contribution is 5.88. The summed E-state index contributed by atoms with van der Waals surface area (Å²) in [5.74, 6) is 0.204. The first-order valence-corrected chi connectivity index (χ1v) is 8.69. The fraction of sp³-hybridized carbons (Fsp3) is 0.350. The van der Waals surface area contributed by atoms with E-state index in [9.17, 15) is 4.39 Å². The molecule has 1 aromatic carbocycles. The fourth-order valence-electron chi connectivity index (χ4n) is 3.32. The van der Waals surface area contributed by atoms with E-state index in [0.29, 0.717) is 31.2 Å². The predicted molar refractivity (Wildman–Crippen MR) is 103 cm³/mol. The van der Waals surface area contributed by atoms with E-state index in [-0.39, 0.29) is 31.1 Å². The van der Waals surface area contributed by atoms with Crippen LogP contribution >= 0.6 is 12.4 Å². The third kappa shape index (κ3) is 3.78. The second kappa shape index (κ2) is 8.25. The first-order valence-electron chi connectivity index (χ1n) is 8.69. The SMILES string of the molecule is Cc1c(C)n(CC2OCCO2)c2c(OCc3ccccc3F)nccc12.Cl. The minimum Gasteiger partial charge on any atom is -0.471 e. The summed E-state index contributed by atoms with van der Waals surface area (Å²) in [4.78, 5) is 4.39. The number of fused-ring (bicyclic) bond motifs is 1. The van der Waals surface area contributed by atoms with Crippen LogP contribution in [0.25, 0.3) is 10.9 Å². The molecule has 0 radical (unpaired) electrons. The van der Waals surface area contributed by atoms with E-state index >= 15 is 0 Å². The topological polar surface area (TPSA) is 45.5 Å². The van der Waals surface area contributed by atoms with Gasteiger partial charge in [-0.3, -0.25) is 0 Å². The summed E-state index contributed by atoms with van der Waals surface area (Å²) in [5.41, 5.74) is 3.66. The Morgan fingerprint density at radius 2 is 1.93 bits per heavy atom. The molecule has 0 N–H and O–H groups in total. The van der Waals surface area contributed by atoms with Gasteiger partial charge in [-0.1, -0.05) is 18.2 Å². The monoisotopic (exact) mass is 392 g/mol. The maximum Gasteiger partial charge on any atom is 0.238 e. The Kier molecular flexibility index (Phi) is 5.99. The molecule has 1 aliphatic heterocycles. The summed E-state index contributed by atoms with van der Waals surface area (Å²) in [5, 5.41) is 1.07. The van der Waals surface area contributed by atoms with Crippen LogP contribution in [0.2, 0.25) is 0 Å². The number of aromatic nitrogens is 2. The molecule has 7 heteroatoms. The number of hydrogen-bond donors (Lipinski definition) is 0. The lowest BCUT2D eigenvalue weighted by atomic mass is 10.2. The van der Waals surface area contributed by atoms with Crippen molar-refractivity contribution in [3.05, 3.63) is 59.2 Å². The number of nitrogens with zero attached hydrogens (tertiary/aromatic N) is 2. The largest absolute Gasteiger partial charge is 0.471 e. The van der Waals surface area contributed by atoms with Gasteiger partial charge in [0.2, 0.25) is 5.88 Å². The average Bonchev–Trinajstić information content (AvgIpc) is 3.25. The van der Waals surface area contributed by atoms with Gasteiger partial charge in [0, 0.05) is 22.8 Å². The summed E-state index contributed by atoms with van der Waals surface area (Å²) >= 11 is 0. The van der Waals surface area contributed by atoms with Crippen molar-refractivity contribution in [3.8, 4) is 5.88 Å². The molecule has 0 saturated carbocycles. The number of aryl methyl sites for hydroxylation is 1. The minimum absolute atomic E-state index is 0. The molecular weight excluding hydrogens is 371 g/mol. The number of pyridine rings is 1. The van der Waals surface area contributed by atoms with Gasteiger partial charge in [0.25, 0.3) is 0 Å². The lowest BCUT2D eigenvalue weighted by molar-refractivity contribution is -0.0520. The summed E-state index contributed by atoms with van der Waals surface area (Å²) in [7, 11) is 0. The number of ether oxygens (including phenoxy) is 3. The zero-order chi connectivity index (χ0) is 18.1. The van der Waals surface area contributed by atoms with Gasteiger partial charge in [-0.05, 0) is 31.5 Å². The highest BCUT2D eigenvalue weighted by Gasteiger charge is 2.22. The van der Waals surface area contributed by atoms with Gasteiger partial charge in [0.05, 0.1) is 19.8 Å². The Bertz CT molecular complexity index is 938. The molecule has 144 valence electrons. The van der Waals surface area contributed by atoms with E-state index in [1.54, 1.807) is 24.4 Å². The van der Waals surface area contributed by atoms with Crippen molar-refractivity contribution >= 4 is 23.3 Å². The Balaban J connectivity index is 0.00000210. The van der Waals surface area contributed by atoms with Crippen molar-refractivity contribution in [2.75, 3.05) is 13.2 Å². The van der Waals surface area contributed by atoms with Gasteiger partial charge in [-0.2, -0.15) is 0 Å². The molecular formula is C20H22ClFN2O3. The van der Waals surface area contributed by atoms with Crippen molar-refractivity contribution in [3.63, 3.8) is 0 Å². The third-order valence-electron chi connectivity index (χ3n) is 4.86. The number of benzene rings is 1. The maximum absolute atomic E-state index is 13.9. The van der Waals surface area contributed by atoms with Crippen LogP contribution in [-0.4, -0.2) is 29.1 Å². The third-order valence-corrected chi connectivity index (χ3v) is 4.86. The number of halogens is 2. The first-order chi connectivity index (χ1) is 12.6. The Morgan fingerprint density at radius 3 is 2.67 bits per heavy atom. The molecule has 27 heavy (non-hydrogen) atoms. The molecule has 2 aromatic heterocycles.